The summed E-state index contributed by atoms with van der Waals surface area (Å²) in [5.41, 5.74) is 10.3. The highest BCUT2D eigenvalue weighted by molar-refractivity contribution is 7.09. The molecule has 1 aliphatic heterocycles. The zero-order valence-corrected chi connectivity index (χ0v) is 26.2. The van der Waals surface area contributed by atoms with Crippen LogP contribution >= 0.6 is 11.3 Å². The van der Waals surface area contributed by atoms with Crippen molar-refractivity contribution in [2.75, 3.05) is 13.1 Å². The first-order chi connectivity index (χ1) is 18.1. The zero-order valence-electron chi connectivity index (χ0n) is 25.4. The number of ether oxygens (including phenoxy) is 2. The number of rotatable bonds is 6. The molecule has 2 bridgehead atoms. The molecule has 1 aliphatic rings. The van der Waals surface area contributed by atoms with Gasteiger partial charge in [0.1, 0.15) is 12.2 Å². The van der Waals surface area contributed by atoms with E-state index in [1.165, 1.54) is 17.4 Å². The van der Waals surface area contributed by atoms with Crippen molar-refractivity contribution < 1.29 is 19.1 Å². The van der Waals surface area contributed by atoms with Crippen molar-refractivity contribution in [1.29, 1.82) is 0 Å². The number of allylic oxidation sites excluding steroid dienone is 6. The fourth-order valence-corrected chi connectivity index (χ4v) is 4.76. The summed E-state index contributed by atoms with van der Waals surface area (Å²) in [5, 5.41) is 6.16. The Morgan fingerprint density at radius 1 is 1.15 bits per heavy atom. The molecule has 8 heteroatoms. The zero-order chi connectivity index (χ0) is 27.9. The third-order valence-corrected chi connectivity index (χ3v) is 6.79. The summed E-state index contributed by atoms with van der Waals surface area (Å²) in [7, 11) is 0. The Kier molecular flexibility index (Phi) is 18.7. The van der Waals surface area contributed by atoms with E-state index in [2.05, 4.69) is 31.3 Å². The van der Waals surface area contributed by atoms with Crippen molar-refractivity contribution in [3.63, 3.8) is 0 Å². The Morgan fingerprint density at radius 2 is 1.88 bits per heavy atom. The van der Waals surface area contributed by atoms with Crippen LogP contribution in [-0.2, 0) is 31.9 Å². The van der Waals surface area contributed by atoms with Crippen LogP contribution < -0.4 is 11.1 Å². The van der Waals surface area contributed by atoms with Gasteiger partial charge in [0, 0.05) is 36.9 Å². The number of nitrogens with two attached hydrogens (primary N) is 1. The molecule has 0 amide bonds. The molecule has 2 heterocycles. The highest BCUT2D eigenvalue weighted by Crippen LogP contribution is 2.18. The Morgan fingerprint density at radius 3 is 2.60 bits per heavy atom. The molecular formula is C32H49N3O4S-2. The molecule has 7 nitrogen and oxygen atoms in total. The summed E-state index contributed by atoms with van der Waals surface area (Å²) in [6, 6.07) is -0.289. The summed E-state index contributed by atoms with van der Waals surface area (Å²) in [4.78, 5) is 29.6. The molecule has 3 unspecified atom stereocenters. The van der Waals surface area contributed by atoms with Crippen LogP contribution in [0.25, 0.3) is 0 Å². The lowest BCUT2D eigenvalue weighted by Crippen LogP contribution is -2.27. The lowest BCUT2D eigenvalue weighted by Gasteiger charge is -2.15. The van der Waals surface area contributed by atoms with Crippen LogP contribution in [0.2, 0.25) is 0 Å². The van der Waals surface area contributed by atoms with Gasteiger partial charge in [-0.2, -0.15) is 0 Å². The second-order valence-corrected chi connectivity index (χ2v) is 10.7. The predicted octanol–water partition coefficient (Wildman–Crippen LogP) is 6.04. The van der Waals surface area contributed by atoms with Crippen LogP contribution in [0.1, 0.15) is 64.6 Å². The number of carbonyl (C=O) groups is 2. The van der Waals surface area contributed by atoms with Gasteiger partial charge in [0.15, 0.2) is 0 Å². The molecule has 0 spiro atoms. The lowest BCUT2D eigenvalue weighted by molar-refractivity contribution is -0.148. The molecule has 0 aromatic carbocycles. The van der Waals surface area contributed by atoms with Crippen molar-refractivity contribution in [2.45, 2.75) is 85.0 Å². The van der Waals surface area contributed by atoms with E-state index in [0.29, 0.717) is 25.7 Å². The number of hydrogen-bond acceptors (Lipinski definition) is 8. The Labute approximate surface area is 246 Å². The SMILES string of the molecule is CCNC/C=C(C)/C=C/C(C)=C/C1Cc2nc(cs2)CCC(N)CC(=O)OC(C)C/C(C)=C/C=C\C(=O)O1.[CH3-].[CH3-]. The Balaban J connectivity index is 0.00000760. The van der Waals surface area contributed by atoms with Gasteiger partial charge in [-0.3, -0.25) is 4.79 Å². The van der Waals surface area contributed by atoms with Crippen molar-refractivity contribution in [1.82, 2.24) is 10.3 Å². The van der Waals surface area contributed by atoms with E-state index < -0.39 is 12.1 Å². The fourth-order valence-electron chi connectivity index (χ4n) is 3.89. The summed E-state index contributed by atoms with van der Waals surface area (Å²) in [5.74, 6) is -0.717. The summed E-state index contributed by atoms with van der Waals surface area (Å²) >= 11 is 1.54. The van der Waals surface area contributed by atoms with E-state index in [9.17, 15) is 9.59 Å². The number of fused-ring (bicyclic) bond motifs is 2. The van der Waals surface area contributed by atoms with Crippen LogP contribution in [0.5, 0.6) is 0 Å². The highest BCUT2D eigenvalue weighted by Gasteiger charge is 2.17. The molecular weight excluding hydrogens is 522 g/mol. The van der Waals surface area contributed by atoms with Crippen molar-refractivity contribution in [2.24, 2.45) is 5.73 Å². The molecule has 0 fully saturated rings. The number of cyclic esters (lactones) is 2. The van der Waals surface area contributed by atoms with Gasteiger partial charge >= 0.3 is 11.9 Å². The third-order valence-electron chi connectivity index (χ3n) is 5.87. The van der Waals surface area contributed by atoms with E-state index in [1.807, 2.05) is 44.4 Å². The van der Waals surface area contributed by atoms with E-state index in [-0.39, 0.29) is 39.4 Å². The molecule has 3 atom stereocenters. The van der Waals surface area contributed by atoms with Crippen molar-refractivity contribution in [3.05, 3.63) is 90.2 Å². The molecule has 0 radical (unpaired) electrons. The van der Waals surface area contributed by atoms with Crippen LogP contribution in [-0.4, -0.2) is 48.3 Å². The molecule has 1 aromatic rings. The summed E-state index contributed by atoms with van der Waals surface area (Å²) in [6.07, 6.45) is 14.9. The number of nitrogens with zero attached hydrogens (tertiary/aromatic N) is 1. The number of nitrogens with one attached hydrogen (secondary N) is 1. The van der Waals surface area contributed by atoms with E-state index in [4.69, 9.17) is 20.2 Å². The van der Waals surface area contributed by atoms with Gasteiger partial charge in [0.05, 0.1) is 17.1 Å². The minimum atomic E-state index is -0.456. The molecule has 0 saturated heterocycles. The second kappa shape index (κ2) is 20.1. The van der Waals surface area contributed by atoms with Crippen LogP contribution in [0.4, 0.5) is 0 Å². The number of aryl methyl sites for hydroxylation is 1. The predicted molar refractivity (Wildman–Crippen MR) is 168 cm³/mol. The normalized spacial score (nSPS) is 24.2. The number of likely N-dealkylation sites (N-methyl/N-ethyl adjacent to an activating group) is 1. The molecule has 224 valence electrons. The van der Waals surface area contributed by atoms with Gasteiger partial charge in [0.2, 0.25) is 0 Å². The van der Waals surface area contributed by atoms with Gasteiger partial charge in [-0.25, -0.2) is 9.78 Å². The van der Waals surface area contributed by atoms with Crippen LogP contribution in [0, 0.1) is 14.9 Å². The van der Waals surface area contributed by atoms with Crippen LogP contribution in [0.3, 0.4) is 0 Å². The van der Waals surface area contributed by atoms with E-state index >= 15 is 0 Å². The highest BCUT2D eigenvalue weighted by atomic mass is 32.1. The van der Waals surface area contributed by atoms with E-state index in [1.54, 1.807) is 6.08 Å². The standard InChI is InChI=1S/C30H43N3O4S.2CH3/c1-6-32-15-14-21(2)10-11-23(4)17-27-19-28-33-26(20-38-28)13-12-25(31)18-30(35)36-24(5)16-22(3)8-7-9-29(34)37-27;;/h7-11,14,17,20,24-25,27,32H,6,12-13,15-16,18-19,31H2,1-5H3;2*1H3/q;2*-1/b9-7-,11-10+,21-14+,22-8+,23-17+;;. The first-order valence-electron chi connectivity index (χ1n) is 13.3. The monoisotopic (exact) mass is 571 g/mol. The number of thiazole rings is 1. The van der Waals surface area contributed by atoms with Crippen molar-refractivity contribution in [3.8, 4) is 0 Å². The smallest absolute Gasteiger partial charge is 0.331 e. The maximum absolute atomic E-state index is 12.6. The second-order valence-electron chi connectivity index (χ2n) is 9.79. The number of esters is 2. The summed E-state index contributed by atoms with van der Waals surface area (Å²) in [6.45, 7) is 11.7. The maximum atomic E-state index is 12.6. The molecule has 3 N–H and O–H groups in total. The lowest BCUT2D eigenvalue weighted by atomic mass is 10.1. The van der Waals surface area contributed by atoms with Gasteiger partial charge < -0.3 is 35.4 Å². The largest absolute Gasteiger partial charge is 0.462 e. The average molecular weight is 572 g/mol. The number of hydrogen-bond donors (Lipinski definition) is 2. The van der Waals surface area contributed by atoms with Gasteiger partial charge in [-0.05, 0) is 53.2 Å². The number of carbonyl (C=O) groups excluding carboxylic acids is 2. The van der Waals surface area contributed by atoms with Gasteiger partial charge in [-0.15, -0.1) is 11.3 Å². The topological polar surface area (TPSA) is 104 Å². The first kappa shape index (κ1) is 37.2. The quantitative estimate of drug-likeness (QED) is 0.186. The van der Waals surface area contributed by atoms with Crippen molar-refractivity contribution >= 4 is 23.3 Å². The molecule has 0 saturated carbocycles. The molecule has 0 aliphatic carbocycles. The minimum Gasteiger partial charge on any atom is -0.462 e. The Hall–Kier alpha value is -2.81. The molecule has 40 heavy (non-hydrogen) atoms. The third kappa shape index (κ3) is 15.7. The van der Waals surface area contributed by atoms with E-state index in [0.717, 1.165) is 40.5 Å². The van der Waals surface area contributed by atoms with Gasteiger partial charge in [0.25, 0.3) is 0 Å². The van der Waals surface area contributed by atoms with Gasteiger partial charge in [-0.1, -0.05) is 54.0 Å². The fraction of sp³-hybridized carbons (Fsp3) is 0.469. The first-order valence-corrected chi connectivity index (χ1v) is 14.2. The average Bonchev–Trinajstić information content (AvgIpc) is 3.28. The van der Waals surface area contributed by atoms with Crippen LogP contribution in [0.15, 0.2) is 64.6 Å². The number of aromatic nitrogens is 1. The molecule has 1 aromatic heterocycles. The Bertz CT molecular complexity index is 1070. The molecule has 2 rings (SSSR count). The summed E-state index contributed by atoms with van der Waals surface area (Å²) < 4.78 is 11.3. The maximum Gasteiger partial charge on any atom is 0.331 e. The minimum absolute atomic E-state index is 0.